The molecule has 2 aromatic rings. The number of rotatable bonds is 5. The van der Waals surface area contributed by atoms with Crippen LogP contribution in [0.1, 0.15) is 30.7 Å². The molecule has 1 aromatic heterocycles. The number of aliphatic hydroxyl groups excluding tert-OH is 1. The Bertz CT molecular complexity index is 488. The van der Waals surface area contributed by atoms with E-state index in [1.165, 1.54) is 5.56 Å². The van der Waals surface area contributed by atoms with Crippen LogP contribution < -0.4 is 0 Å². The van der Waals surface area contributed by atoms with Crippen LogP contribution in [0.25, 0.3) is 0 Å². The minimum atomic E-state index is -0.315. The van der Waals surface area contributed by atoms with Crippen molar-refractivity contribution in [1.82, 2.24) is 9.78 Å². The molecule has 0 fully saturated rings. The van der Waals surface area contributed by atoms with Crippen LogP contribution in [0.5, 0.6) is 0 Å². The van der Waals surface area contributed by atoms with Crippen molar-refractivity contribution in [2.45, 2.75) is 39.3 Å². The quantitative estimate of drug-likeness (QED) is 0.877. The van der Waals surface area contributed by atoms with Gasteiger partial charge in [-0.3, -0.25) is 4.68 Å². The van der Waals surface area contributed by atoms with Crippen molar-refractivity contribution < 1.29 is 5.11 Å². The number of aliphatic hydroxyl groups is 1. The Morgan fingerprint density at radius 1 is 1.28 bits per heavy atom. The fourth-order valence-corrected chi connectivity index (χ4v) is 2.14. The molecular weight excluding hydrogens is 224 g/mol. The summed E-state index contributed by atoms with van der Waals surface area (Å²) in [5, 5.41) is 14.1. The Morgan fingerprint density at radius 2 is 2.00 bits per heavy atom. The van der Waals surface area contributed by atoms with Gasteiger partial charge >= 0.3 is 0 Å². The zero-order chi connectivity index (χ0) is 13.0. The van der Waals surface area contributed by atoms with Gasteiger partial charge in [-0.05, 0) is 24.5 Å². The largest absolute Gasteiger partial charge is 0.393 e. The predicted molar refractivity (Wildman–Crippen MR) is 72.5 cm³/mol. The predicted octanol–water partition coefficient (Wildman–Crippen LogP) is 2.42. The summed E-state index contributed by atoms with van der Waals surface area (Å²) in [6, 6.07) is 10.3. The number of benzene rings is 1. The van der Waals surface area contributed by atoms with E-state index in [1.807, 2.05) is 29.8 Å². The highest BCUT2D eigenvalue weighted by Gasteiger charge is 2.09. The minimum absolute atomic E-state index is 0.315. The highest BCUT2D eigenvalue weighted by molar-refractivity contribution is 5.20. The van der Waals surface area contributed by atoms with Gasteiger partial charge in [0.25, 0.3) is 0 Å². The molecule has 0 aliphatic heterocycles. The van der Waals surface area contributed by atoms with E-state index in [1.54, 1.807) is 0 Å². The molecule has 96 valence electrons. The van der Waals surface area contributed by atoms with E-state index in [4.69, 9.17) is 0 Å². The van der Waals surface area contributed by atoms with Crippen LogP contribution in [-0.2, 0) is 19.4 Å². The molecule has 3 nitrogen and oxygen atoms in total. The van der Waals surface area contributed by atoms with Crippen molar-refractivity contribution >= 4 is 0 Å². The smallest absolute Gasteiger partial charge is 0.0659 e. The summed E-state index contributed by atoms with van der Waals surface area (Å²) in [7, 11) is 0. The van der Waals surface area contributed by atoms with E-state index >= 15 is 0 Å². The normalized spacial score (nSPS) is 12.6. The minimum Gasteiger partial charge on any atom is -0.393 e. The lowest BCUT2D eigenvalue weighted by molar-refractivity contribution is 0.195. The van der Waals surface area contributed by atoms with Crippen LogP contribution in [0.15, 0.2) is 36.5 Å². The van der Waals surface area contributed by atoms with Crippen LogP contribution in [0.2, 0.25) is 0 Å². The second kappa shape index (κ2) is 5.83. The number of nitrogens with zero attached hydrogens (tertiary/aromatic N) is 2. The summed E-state index contributed by atoms with van der Waals surface area (Å²) in [5.41, 5.74) is 3.49. The number of aryl methyl sites for hydroxylation is 1. The lowest BCUT2D eigenvalue weighted by atomic mass is 10.1. The Kier molecular flexibility index (Phi) is 4.15. The fourth-order valence-electron chi connectivity index (χ4n) is 2.14. The molecule has 2 rings (SSSR count). The Morgan fingerprint density at radius 3 is 2.61 bits per heavy atom. The van der Waals surface area contributed by atoms with E-state index < -0.39 is 0 Å². The maximum Gasteiger partial charge on any atom is 0.0659 e. The zero-order valence-electron chi connectivity index (χ0n) is 11.0. The first-order valence-electron chi connectivity index (χ1n) is 6.46. The van der Waals surface area contributed by atoms with Gasteiger partial charge in [0.15, 0.2) is 0 Å². The molecule has 3 heteroatoms. The molecule has 0 spiro atoms. The molecule has 0 saturated heterocycles. The van der Waals surface area contributed by atoms with E-state index in [0.717, 1.165) is 24.2 Å². The van der Waals surface area contributed by atoms with Crippen molar-refractivity contribution in [1.29, 1.82) is 0 Å². The van der Waals surface area contributed by atoms with Crippen LogP contribution >= 0.6 is 0 Å². The summed E-state index contributed by atoms with van der Waals surface area (Å²) in [4.78, 5) is 0. The van der Waals surface area contributed by atoms with Gasteiger partial charge in [0.1, 0.15) is 0 Å². The van der Waals surface area contributed by atoms with Gasteiger partial charge < -0.3 is 5.11 Å². The second-order valence-corrected chi connectivity index (χ2v) is 4.69. The first kappa shape index (κ1) is 12.8. The summed E-state index contributed by atoms with van der Waals surface area (Å²) < 4.78 is 1.96. The summed E-state index contributed by atoms with van der Waals surface area (Å²) in [6.07, 6.45) is 3.32. The first-order valence-corrected chi connectivity index (χ1v) is 6.46. The summed E-state index contributed by atoms with van der Waals surface area (Å²) in [5.74, 6) is 0. The molecule has 1 unspecified atom stereocenters. The maximum absolute atomic E-state index is 9.49. The van der Waals surface area contributed by atoms with Crippen molar-refractivity contribution in [2.24, 2.45) is 0 Å². The molecule has 0 saturated carbocycles. The second-order valence-electron chi connectivity index (χ2n) is 4.69. The van der Waals surface area contributed by atoms with Gasteiger partial charge in [-0.15, -0.1) is 0 Å². The zero-order valence-corrected chi connectivity index (χ0v) is 11.0. The fraction of sp³-hybridized carbons (Fsp3) is 0.400. The van der Waals surface area contributed by atoms with E-state index in [2.05, 4.69) is 30.4 Å². The van der Waals surface area contributed by atoms with Gasteiger partial charge in [0, 0.05) is 12.6 Å². The highest BCUT2D eigenvalue weighted by Crippen LogP contribution is 2.12. The number of hydrogen-bond donors (Lipinski definition) is 1. The molecule has 0 aliphatic carbocycles. The Balaban J connectivity index is 2.17. The maximum atomic E-state index is 9.49. The third kappa shape index (κ3) is 3.20. The van der Waals surface area contributed by atoms with Crippen molar-refractivity contribution in [3.8, 4) is 0 Å². The number of aromatic nitrogens is 2. The third-order valence-electron chi connectivity index (χ3n) is 2.96. The van der Waals surface area contributed by atoms with E-state index in [-0.39, 0.29) is 6.10 Å². The molecule has 1 heterocycles. The molecule has 0 bridgehead atoms. The van der Waals surface area contributed by atoms with Gasteiger partial charge in [-0.2, -0.15) is 5.10 Å². The topological polar surface area (TPSA) is 38.0 Å². The molecule has 1 N–H and O–H groups in total. The number of hydrogen-bond acceptors (Lipinski definition) is 2. The van der Waals surface area contributed by atoms with Gasteiger partial charge in [-0.1, -0.05) is 37.3 Å². The Labute approximate surface area is 108 Å². The standard InChI is InChI=1S/C15H20N2O/c1-3-15-14(9-12(2)18)11-17(16-15)10-13-7-5-4-6-8-13/h4-8,11-12,18H,3,9-10H2,1-2H3. The van der Waals surface area contributed by atoms with Crippen molar-refractivity contribution in [3.63, 3.8) is 0 Å². The molecule has 0 amide bonds. The summed E-state index contributed by atoms with van der Waals surface area (Å²) in [6.45, 7) is 4.70. The lowest BCUT2D eigenvalue weighted by Crippen LogP contribution is -2.05. The van der Waals surface area contributed by atoms with Crippen molar-refractivity contribution in [2.75, 3.05) is 0 Å². The van der Waals surface area contributed by atoms with Gasteiger partial charge in [0.2, 0.25) is 0 Å². The molecular formula is C15H20N2O. The molecule has 0 radical (unpaired) electrons. The van der Waals surface area contributed by atoms with Crippen molar-refractivity contribution in [3.05, 3.63) is 53.3 Å². The SMILES string of the molecule is CCc1nn(Cc2ccccc2)cc1CC(C)O. The molecule has 0 aliphatic rings. The van der Waals surface area contributed by atoms with Crippen LogP contribution in [0.3, 0.4) is 0 Å². The highest BCUT2D eigenvalue weighted by atomic mass is 16.3. The van der Waals surface area contributed by atoms with Crippen LogP contribution in [0, 0.1) is 0 Å². The summed E-state index contributed by atoms with van der Waals surface area (Å²) >= 11 is 0. The van der Waals surface area contributed by atoms with Gasteiger partial charge in [-0.25, -0.2) is 0 Å². The average Bonchev–Trinajstić information content (AvgIpc) is 2.71. The molecule has 1 aromatic carbocycles. The van der Waals surface area contributed by atoms with Crippen LogP contribution in [-0.4, -0.2) is 21.0 Å². The monoisotopic (exact) mass is 244 g/mol. The molecule has 18 heavy (non-hydrogen) atoms. The third-order valence-corrected chi connectivity index (χ3v) is 2.96. The lowest BCUT2D eigenvalue weighted by Gasteiger charge is -2.02. The Hall–Kier alpha value is -1.61. The van der Waals surface area contributed by atoms with E-state index in [0.29, 0.717) is 6.42 Å². The van der Waals surface area contributed by atoms with Gasteiger partial charge in [0.05, 0.1) is 18.3 Å². The molecule has 1 atom stereocenters. The first-order chi connectivity index (χ1) is 8.69. The average molecular weight is 244 g/mol. The van der Waals surface area contributed by atoms with E-state index in [9.17, 15) is 5.11 Å². The van der Waals surface area contributed by atoms with Crippen LogP contribution in [0.4, 0.5) is 0 Å².